The van der Waals surface area contributed by atoms with Gasteiger partial charge in [-0.25, -0.2) is 4.98 Å². The van der Waals surface area contributed by atoms with Crippen molar-refractivity contribution in [3.05, 3.63) is 39.5 Å². The number of thiazole rings is 1. The van der Waals surface area contributed by atoms with Crippen LogP contribution in [-0.4, -0.2) is 30.0 Å². The van der Waals surface area contributed by atoms with Gasteiger partial charge >= 0.3 is 5.00 Å². The van der Waals surface area contributed by atoms with Gasteiger partial charge in [-0.2, -0.15) is 0 Å². The Bertz CT molecular complexity index is 685. The van der Waals surface area contributed by atoms with Gasteiger partial charge in [-0.3, -0.25) is 14.9 Å². The van der Waals surface area contributed by atoms with Gasteiger partial charge in [0.15, 0.2) is 5.01 Å². The molecule has 9 heteroatoms. The molecule has 21 heavy (non-hydrogen) atoms. The van der Waals surface area contributed by atoms with Gasteiger partial charge in [0.1, 0.15) is 17.7 Å². The first-order chi connectivity index (χ1) is 10.0. The standard InChI is InChI=1S/C12H11N3O5S/c1-19-7-3-4-8(9(5-7)20-2)14-11(16)12-13-6-10(21-12)15(17)18/h3-6H,1-2H3,(H,14,16). The number of rotatable bonds is 5. The number of nitro groups is 1. The molecule has 0 aliphatic carbocycles. The van der Waals surface area contributed by atoms with E-state index in [0.717, 1.165) is 6.20 Å². The van der Waals surface area contributed by atoms with Crippen molar-refractivity contribution in [3.8, 4) is 11.5 Å². The lowest BCUT2D eigenvalue weighted by molar-refractivity contribution is -0.380. The summed E-state index contributed by atoms with van der Waals surface area (Å²) in [4.78, 5) is 25.7. The SMILES string of the molecule is COc1ccc(NC(=O)c2ncc([N+](=O)[O-])s2)c(OC)c1. The van der Waals surface area contributed by atoms with Crippen LogP contribution in [0.3, 0.4) is 0 Å². The fourth-order valence-corrected chi connectivity index (χ4v) is 2.16. The zero-order valence-corrected chi connectivity index (χ0v) is 12.0. The Morgan fingerprint density at radius 3 is 2.71 bits per heavy atom. The largest absolute Gasteiger partial charge is 0.497 e. The zero-order valence-electron chi connectivity index (χ0n) is 11.2. The highest BCUT2D eigenvalue weighted by Crippen LogP contribution is 2.30. The highest BCUT2D eigenvalue weighted by Gasteiger charge is 2.18. The van der Waals surface area contributed by atoms with Crippen molar-refractivity contribution in [3.63, 3.8) is 0 Å². The van der Waals surface area contributed by atoms with Gasteiger partial charge in [0.25, 0.3) is 5.91 Å². The van der Waals surface area contributed by atoms with E-state index in [-0.39, 0.29) is 10.0 Å². The van der Waals surface area contributed by atoms with Crippen LogP contribution in [0.4, 0.5) is 10.7 Å². The molecule has 1 heterocycles. The first kappa shape index (κ1) is 14.7. The van der Waals surface area contributed by atoms with Crippen molar-refractivity contribution >= 4 is 27.9 Å². The summed E-state index contributed by atoms with van der Waals surface area (Å²) >= 11 is 0.702. The Labute approximate surface area is 123 Å². The molecule has 0 unspecified atom stereocenters. The molecule has 2 aromatic rings. The molecule has 8 nitrogen and oxygen atoms in total. The first-order valence-electron chi connectivity index (χ1n) is 5.68. The van der Waals surface area contributed by atoms with Crippen molar-refractivity contribution < 1.29 is 19.2 Å². The quantitative estimate of drug-likeness (QED) is 0.671. The molecule has 0 radical (unpaired) electrons. The smallest absolute Gasteiger partial charge is 0.344 e. The van der Waals surface area contributed by atoms with Gasteiger partial charge < -0.3 is 14.8 Å². The molecule has 0 atom stereocenters. The highest BCUT2D eigenvalue weighted by molar-refractivity contribution is 7.16. The van der Waals surface area contributed by atoms with E-state index >= 15 is 0 Å². The summed E-state index contributed by atoms with van der Waals surface area (Å²) in [5, 5.41) is 13.0. The van der Waals surface area contributed by atoms with E-state index in [4.69, 9.17) is 9.47 Å². The van der Waals surface area contributed by atoms with E-state index in [2.05, 4.69) is 10.3 Å². The predicted molar refractivity (Wildman–Crippen MR) is 76.3 cm³/mol. The van der Waals surface area contributed by atoms with E-state index in [1.54, 1.807) is 18.2 Å². The van der Waals surface area contributed by atoms with Gasteiger partial charge in [-0.15, -0.1) is 0 Å². The predicted octanol–water partition coefficient (Wildman–Crippen LogP) is 2.32. The van der Waals surface area contributed by atoms with Crippen LogP contribution in [0, 0.1) is 10.1 Å². The summed E-state index contributed by atoms with van der Waals surface area (Å²) in [6, 6.07) is 4.87. The van der Waals surface area contributed by atoms with Crippen molar-refractivity contribution in [1.82, 2.24) is 4.98 Å². The molecule has 1 amide bonds. The Hall–Kier alpha value is -2.68. The molecule has 110 valence electrons. The first-order valence-corrected chi connectivity index (χ1v) is 6.50. The maximum atomic E-state index is 12.0. The number of carbonyl (C=O) groups is 1. The number of hydrogen-bond donors (Lipinski definition) is 1. The summed E-state index contributed by atoms with van der Waals surface area (Å²) in [6.07, 6.45) is 1.05. The third-order valence-electron chi connectivity index (χ3n) is 2.52. The monoisotopic (exact) mass is 309 g/mol. The number of hydrogen-bond acceptors (Lipinski definition) is 7. The Morgan fingerprint density at radius 1 is 1.38 bits per heavy atom. The van der Waals surface area contributed by atoms with Crippen molar-refractivity contribution in [2.75, 3.05) is 19.5 Å². The molecule has 1 aromatic carbocycles. The second-order valence-corrected chi connectivity index (χ2v) is 4.79. The van der Waals surface area contributed by atoms with Crippen LogP contribution in [0.5, 0.6) is 11.5 Å². The minimum atomic E-state index is -0.595. The van der Waals surface area contributed by atoms with Crippen LogP contribution in [0.2, 0.25) is 0 Å². The summed E-state index contributed by atoms with van der Waals surface area (Å²) in [5.41, 5.74) is 0.418. The summed E-state index contributed by atoms with van der Waals surface area (Å²) in [7, 11) is 2.97. The Balaban J connectivity index is 2.20. The van der Waals surface area contributed by atoms with Crippen molar-refractivity contribution in [1.29, 1.82) is 0 Å². The van der Waals surface area contributed by atoms with Crippen LogP contribution >= 0.6 is 11.3 Å². The molecular formula is C12H11N3O5S. The molecule has 0 saturated carbocycles. The van der Waals surface area contributed by atoms with Gasteiger partial charge in [0, 0.05) is 6.07 Å². The zero-order chi connectivity index (χ0) is 15.4. The molecule has 1 aromatic heterocycles. The molecule has 0 fully saturated rings. The Kier molecular flexibility index (Phi) is 4.33. The Morgan fingerprint density at radius 2 is 2.14 bits per heavy atom. The lowest BCUT2D eigenvalue weighted by atomic mass is 10.2. The molecule has 0 spiro atoms. The summed E-state index contributed by atoms with van der Waals surface area (Å²) < 4.78 is 10.2. The van der Waals surface area contributed by atoms with Crippen LogP contribution in [0.25, 0.3) is 0 Å². The lowest BCUT2D eigenvalue weighted by Crippen LogP contribution is -2.12. The van der Waals surface area contributed by atoms with E-state index < -0.39 is 10.8 Å². The second-order valence-electron chi connectivity index (χ2n) is 3.78. The molecule has 0 aliphatic rings. The average molecular weight is 309 g/mol. The van der Waals surface area contributed by atoms with Gasteiger partial charge in [-0.05, 0) is 23.5 Å². The minimum absolute atomic E-state index is 0.000397. The second kappa shape index (κ2) is 6.18. The maximum Gasteiger partial charge on any atom is 0.344 e. The molecule has 0 aliphatic heterocycles. The van der Waals surface area contributed by atoms with Crippen molar-refractivity contribution in [2.45, 2.75) is 0 Å². The number of carbonyl (C=O) groups excluding carboxylic acids is 1. The summed E-state index contributed by atoms with van der Waals surface area (Å²) in [6.45, 7) is 0. The van der Waals surface area contributed by atoms with Crippen molar-refractivity contribution in [2.24, 2.45) is 0 Å². The maximum absolute atomic E-state index is 12.0. The molecule has 2 rings (SSSR count). The highest BCUT2D eigenvalue weighted by atomic mass is 32.1. The van der Waals surface area contributed by atoms with Gasteiger partial charge in [-0.1, -0.05) is 0 Å². The summed E-state index contributed by atoms with van der Waals surface area (Å²) in [5.74, 6) is 0.444. The number of nitrogens with zero attached hydrogens (tertiary/aromatic N) is 2. The molecular weight excluding hydrogens is 298 g/mol. The third-order valence-corrected chi connectivity index (χ3v) is 3.47. The van der Waals surface area contributed by atoms with Gasteiger partial charge in [0.05, 0.1) is 24.8 Å². The number of methoxy groups -OCH3 is 2. The fourth-order valence-electron chi connectivity index (χ4n) is 1.53. The average Bonchev–Trinajstić information content (AvgIpc) is 2.97. The molecule has 0 saturated heterocycles. The fraction of sp³-hybridized carbons (Fsp3) is 0.167. The number of nitrogens with one attached hydrogen (secondary N) is 1. The van der Waals surface area contributed by atoms with Crippen LogP contribution in [-0.2, 0) is 0 Å². The van der Waals surface area contributed by atoms with E-state index in [1.807, 2.05) is 0 Å². The van der Waals surface area contributed by atoms with E-state index in [0.29, 0.717) is 28.5 Å². The lowest BCUT2D eigenvalue weighted by Gasteiger charge is -2.10. The van der Waals surface area contributed by atoms with Crippen LogP contribution < -0.4 is 14.8 Å². The third kappa shape index (κ3) is 3.26. The van der Waals surface area contributed by atoms with Gasteiger partial charge in [0.2, 0.25) is 0 Å². The minimum Gasteiger partial charge on any atom is -0.497 e. The molecule has 1 N–H and O–H groups in total. The number of benzene rings is 1. The topological polar surface area (TPSA) is 104 Å². The number of anilines is 1. The van der Waals surface area contributed by atoms with Crippen LogP contribution in [0.1, 0.15) is 9.80 Å². The number of ether oxygens (including phenoxy) is 2. The van der Waals surface area contributed by atoms with E-state index in [9.17, 15) is 14.9 Å². The number of aromatic nitrogens is 1. The molecule has 0 bridgehead atoms. The number of amides is 1. The van der Waals surface area contributed by atoms with Crippen LogP contribution in [0.15, 0.2) is 24.4 Å². The van der Waals surface area contributed by atoms with E-state index in [1.165, 1.54) is 14.2 Å². The normalized spacial score (nSPS) is 10.0.